The first-order chi connectivity index (χ1) is 14.7. The van der Waals surface area contributed by atoms with Gasteiger partial charge in [0.2, 0.25) is 0 Å². The van der Waals surface area contributed by atoms with Crippen LogP contribution >= 0.6 is 11.6 Å². The fraction of sp³-hybridized carbons (Fsp3) is 0.0870. The number of benzene rings is 3. The summed E-state index contributed by atoms with van der Waals surface area (Å²) < 4.78 is 46.7. The highest BCUT2D eigenvalue weighted by atomic mass is 35.5. The Morgan fingerprint density at radius 3 is 2.32 bits per heavy atom. The number of nitrogen functional groups attached to an aromatic ring is 1. The van der Waals surface area contributed by atoms with Crippen LogP contribution in [0.2, 0.25) is 5.02 Å². The Morgan fingerprint density at radius 2 is 1.68 bits per heavy atom. The van der Waals surface area contributed by atoms with Crippen LogP contribution in [0.5, 0.6) is 5.75 Å². The summed E-state index contributed by atoms with van der Waals surface area (Å²) in [6.07, 6.45) is -4.52. The Bertz CT molecular complexity index is 1350. The molecule has 2 N–H and O–H groups in total. The molecule has 0 radical (unpaired) electrons. The average Bonchev–Trinajstić information content (AvgIpc) is 2.73. The molecule has 4 nitrogen and oxygen atoms in total. The first-order valence-electron chi connectivity index (χ1n) is 9.16. The summed E-state index contributed by atoms with van der Waals surface area (Å²) in [5, 5.41) is 0.587. The summed E-state index contributed by atoms with van der Waals surface area (Å²) in [4.78, 5) is 13.5. The maximum absolute atomic E-state index is 13.5. The SMILES string of the molecule is COc1ccc(Cl)cc1-n1c(=O)c(-c2ccc(N)cc2)cc2cc(C(F)(F)F)ccc21. The molecule has 0 bridgehead atoms. The van der Waals surface area contributed by atoms with Gasteiger partial charge in [0.25, 0.3) is 5.56 Å². The lowest BCUT2D eigenvalue weighted by molar-refractivity contribution is -0.137. The van der Waals surface area contributed by atoms with E-state index in [1.807, 2.05) is 0 Å². The van der Waals surface area contributed by atoms with Crippen LogP contribution in [-0.2, 0) is 6.18 Å². The highest BCUT2D eigenvalue weighted by Crippen LogP contribution is 2.34. The molecule has 0 amide bonds. The monoisotopic (exact) mass is 444 g/mol. The molecule has 0 spiro atoms. The second-order valence-corrected chi connectivity index (χ2v) is 7.34. The molecule has 31 heavy (non-hydrogen) atoms. The number of halogens is 4. The van der Waals surface area contributed by atoms with Crippen molar-refractivity contribution >= 4 is 28.2 Å². The number of hydrogen-bond acceptors (Lipinski definition) is 3. The predicted molar refractivity (Wildman–Crippen MR) is 116 cm³/mol. The van der Waals surface area contributed by atoms with E-state index in [1.165, 1.54) is 29.9 Å². The van der Waals surface area contributed by atoms with Crippen LogP contribution in [0, 0.1) is 0 Å². The molecule has 1 aromatic heterocycles. The van der Waals surface area contributed by atoms with Crippen molar-refractivity contribution in [1.29, 1.82) is 0 Å². The van der Waals surface area contributed by atoms with Crippen molar-refractivity contribution in [1.82, 2.24) is 4.57 Å². The molecule has 0 unspecified atom stereocenters. The molecular formula is C23H16ClF3N2O2. The molecule has 8 heteroatoms. The highest BCUT2D eigenvalue weighted by Gasteiger charge is 2.31. The molecule has 0 aliphatic carbocycles. The molecular weight excluding hydrogens is 429 g/mol. The third kappa shape index (κ3) is 3.84. The third-order valence-corrected chi connectivity index (χ3v) is 5.17. The molecule has 0 atom stereocenters. The second-order valence-electron chi connectivity index (χ2n) is 6.91. The molecule has 4 aromatic rings. The Morgan fingerprint density at radius 1 is 0.968 bits per heavy atom. The number of hydrogen-bond donors (Lipinski definition) is 1. The van der Waals surface area contributed by atoms with Crippen molar-refractivity contribution in [3.63, 3.8) is 0 Å². The summed E-state index contributed by atoms with van der Waals surface area (Å²) in [5.74, 6) is 0.349. The second kappa shape index (κ2) is 7.67. The summed E-state index contributed by atoms with van der Waals surface area (Å²) in [6, 6.07) is 15.9. The van der Waals surface area contributed by atoms with Crippen molar-refractivity contribution in [3.05, 3.63) is 87.7 Å². The average molecular weight is 445 g/mol. The lowest BCUT2D eigenvalue weighted by atomic mass is 10.0. The van der Waals surface area contributed by atoms with E-state index >= 15 is 0 Å². The zero-order valence-corrected chi connectivity index (χ0v) is 17.0. The Hall–Kier alpha value is -3.45. The maximum Gasteiger partial charge on any atom is 0.416 e. The van der Waals surface area contributed by atoms with Crippen LogP contribution in [0.1, 0.15) is 5.56 Å². The standard InChI is InChI=1S/C23H16ClF3N2O2/c1-31-21-9-5-16(24)12-20(21)29-19-8-4-15(23(25,26)27)10-14(19)11-18(22(29)30)13-2-6-17(28)7-3-13/h2-12H,28H2,1H3. The van der Waals surface area contributed by atoms with Crippen molar-refractivity contribution in [2.45, 2.75) is 6.18 Å². The van der Waals surface area contributed by atoms with Gasteiger partial charge in [0.15, 0.2) is 0 Å². The van der Waals surface area contributed by atoms with E-state index in [0.717, 1.165) is 12.1 Å². The number of methoxy groups -OCH3 is 1. The van der Waals surface area contributed by atoms with E-state index in [4.69, 9.17) is 22.1 Å². The van der Waals surface area contributed by atoms with Crippen molar-refractivity contribution < 1.29 is 17.9 Å². The normalized spacial score (nSPS) is 11.6. The number of nitrogens with zero attached hydrogens (tertiary/aromatic N) is 1. The minimum atomic E-state index is -4.52. The minimum absolute atomic E-state index is 0.217. The summed E-state index contributed by atoms with van der Waals surface area (Å²) >= 11 is 6.15. The number of aromatic nitrogens is 1. The van der Waals surface area contributed by atoms with Gasteiger partial charge in [-0.3, -0.25) is 9.36 Å². The molecule has 4 rings (SSSR count). The third-order valence-electron chi connectivity index (χ3n) is 4.93. The van der Waals surface area contributed by atoms with E-state index in [2.05, 4.69) is 0 Å². The van der Waals surface area contributed by atoms with Gasteiger partial charge in [-0.05, 0) is 60.2 Å². The lowest BCUT2D eigenvalue weighted by Crippen LogP contribution is -2.21. The molecule has 0 aliphatic heterocycles. The fourth-order valence-electron chi connectivity index (χ4n) is 3.44. The molecule has 3 aromatic carbocycles. The van der Waals surface area contributed by atoms with Crippen LogP contribution in [0.25, 0.3) is 27.7 Å². The topological polar surface area (TPSA) is 57.2 Å². The molecule has 0 aliphatic rings. The minimum Gasteiger partial charge on any atom is -0.495 e. The van der Waals surface area contributed by atoms with Crippen LogP contribution in [0.4, 0.5) is 18.9 Å². The van der Waals surface area contributed by atoms with Gasteiger partial charge in [0, 0.05) is 21.7 Å². The van der Waals surface area contributed by atoms with Crippen molar-refractivity contribution in [2.75, 3.05) is 12.8 Å². The lowest BCUT2D eigenvalue weighted by Gasteiger charge is -2.17. The van der Waals surface area contributed by atoms with Gasteiger partial charge >= 0.3 is 6.18 Å². The highest BCUT2D eigenvalue weighted by molar-refractivity contribution is 6.30. The smallest absolute Gasteiger partial charge is 0.416 e. The first-order valence-corrected chi connectivity index (χ1v) is 9.53. The molecule has 1 heterocycles. The van der Waals surface area contributed by atoms with E-state index in [1.54, 1.807) is 36.4 Å². The van der Waals surface area contributed by atoms with Gasteiger partial charge in [-0.25, -0.2) is 0 Å². The van der Waals surface area contributed by atoms with Crippen molar-refractivity contribution in [3.8, 4) is 22.6 Å². The molecule has 0 saturated heterocycles. The molecule has 0 saturated carbocycles. The number of pyridine rings is 1. The number of nitrogens with two attached hydrogens (primary N) is 1. The fourth-order valence-corrected chi connectivity index (χ4v) is 3.61. The van der Waals surface area contributed by atoms with Gasteiger partial charge in [-0.1, -0.05) is 23.7 Å². The largest absolute Gasteiger partial charge is 0.495 e. The van der Waals surface area contributed by atoms with Gasteiger partial charge in [-0.15, -0.1) is 0 Å². The van der Waals surface area contributed by atoms with Gasteiger partial charge in [0.05, 0.1) is 23.9 Å². The van der Waals surface area contributed by atoms with E-state index < -0.39 is 17.3 Å². The Balaban J connectivity index is 2.13. The van der Waals surface area contributed by atoms with Crippen LogP contribution in [0.15, 0.2) is 71.5 Å². The van der Waals surface area contributed by atoms with Gasteiger partial charge < -0.3 is 10.5 Å². The van der Waals surface area contributed by atoms with Crippen LogP contribution in [-0.4, -0.2) is 11.7 Å². The summed E-state index contributed by atoms with van der Waals surface area (Å²) in [6.45, 7) is 0. The van der Waals surface area contributed by atoms with Crippen LogP contribution < -0.4 is 16.0 Å². The van der Waals surface area contributed by atoms with E-state index in [0.29, 0.717) is 27.7 Å². The summed E-state index contributed by atoms with van der Waals surface area (Å²) in [5.41, 5.74) is 6.34. The van der Waals surface area contributed by atoms with E-state index in [9.17, 15) is 18.0 Å². The Labute approximate surface area is 180 Å². The van der Waals surface area contributed by atoms with Crippen molar-refractivity contribution in [2.24, 2.45) is 0 Å². The Kier molecular flexibility index (Phi) is 5.15. The maximum atomic E-state index is 13.5. The number of ether oxygens (including phenoxy) is 1. The number of anilines is 1. The number of alkyl halides is 3. The quantitative estimate of drug-likeness (QED) is 0.399. The zero-order valence-electron chi connectivity index (χ0n) is 16.2. The zero-order chi connectivity index (χ0) is 22.3. The van der Waals surface area contributed by atoms with Gasteiger partial charge in [0.1, 0.15) is 5.75 Å². The van der Waals surface area contributed by atoms with E-state index in [-0.39, 0.29) is 16.5 Å². The first kappa shape index (κ1) is 20.8. The predicted octanol–water partition coefficient (Wildman–Crippen LogP) is 5.92. The molecule has 0 fully saturated rings. The molecule has 158 valence electrons. The summed E-state index contributed by atoms with van der Waals surface area (Å²) in [7, 11) is 1.44. The number of fused-ring (bicyclic) bond motifs is 1. The number of rotatable bonds is 3. The van der Waals surface area contributed by atoms with Gasteiger partial charge in [-0.2, -0.15) is 13.2 Å². The van der Waals surface area contributed by atoms with Crippen LogP contribution in [0.3, 0.4) is 0 Å².